The van der Waals surface area contributed by atoms with Crippen LogP contribution in [-0.4, -0.2) is 38.6 Å². The SMILES string of the molecule is CC(C)CCOc1cccc(C2C(=C(O)c3ccncc3)C(=O)C(=O)N2c2nnc(SCc3ccc(Cl)cc3)s2)c1. The van der Waals surface area contributed by atoms with Crippen molar-refractivity contribution in [3.8, 4) is 5.75 Å². The molecule has 4 aromatic rings. The highest BCUT2D eigenvalue weighted by atomic mass is 35.5. The van der Waals surface area contributed by atoms with Gasteiger partial charge in [-0.25, -0.2) is 0 Å². The highest BCUT2D eigenvalue weighted by Crippen LogP contribution is 2.44. The van der Waals surface area contributed by atoms with Crippen molar-refractivity contribution in [3.63, 3.8) is 0 Å². The third-order valence-electron chi connectivity index (χ3n) is 6.41. The van der Waals surface area contributed by atoms with Gasteiger partial charge in [-0.1, -0.05) is 72.8 Å². The summed E-state index contributed by atoms with van der Waals surface area (Å²) in [4.78, 5) is 32.2. The maximum absolute atomic E-state index is 13.5. The zero-order valence-corrected chi connectivity index (χ0v) is 24.7. The van der Waals surface area contributed by atoms with Gasteiger partial charge in [0.25, 0.3) is 5.78 Å². The Bertz CT molecular complexity index is 1570. The number of aliphatic hydroxyl groups is 1. The Labute approximate surface area is 251 Å². The average molecular weight is 607 g/mol. The van der Waals surface area contributed by atoms with Crippen LogP contribution in [0.15, 0.2) is 83.0 Å². The van der Waals surface area contributed by atoms with Crippen LogP contribution in [0.1, 0.15) is 43.0 Å². The average Bonchev–Trinajstić information content (AvgIpc) is 3.54. The molecule has 0 saturated carbocycles. The lowest BCUT2D eigenvalue weighted by Crippen LogP contribution is -2.29. The molecule has 1 unspecified atom stereocenters. The van der Waals surface area contributed by atoms with Crippen LogP contribution in [0.4, 0.5) is 5.13 Å². The summed E-state index contributed by atoms with van der Waals surface area (Å²) in [5.41, 5.74) is 2.01. The van der Waals surface area contributed by atoms with Crippen molar-refractivity contribution in [1.29, 1.82) is 0 Å². The van der Waals surface area contributed by atoms with Gasteiger partial charge < -0.3 is 9.84 Å². The predicted octanol–water partition coefficient (Wildman–Crippen LogP) is 6.93. The fraction of sp³-hybridized carbons (Fsp3) is 0.233. The van der Waals surface area contributed by atoms with Gasteiger partial charge >= 0.3 is 5.91 Å². The number of carbonyl (C=O) groups is 2. The first-order valence-electron chi connectivity index (χ1n) is 13.0. The lowest BCUT2D eigenvalue weighted by molar-refractivity contribution is -0.132. The molecule has 0 aliphatic carbocycles. The van der Waals surface area contributed by atoms with Crippen molar-refractivity contribution in [3.05, 3.63) is 100 Å². The minimum absolute atomic E-state index is 0.0360. The number of rotatable bonds is 10. The Balaban J connectivity index is 1.51. The first kappa shape index (κ1) is 28.8. The monoisotopic (exact) mass is 606 g/mol. The second-order valence-electron chi connectivity index (χ2n) is 9.77. The molecule has 1 atom stereocenters. The molecule has 0 bridgehead atoms. The highest BCUT2D eigenvalue weighted by Gasteiger charge is 2.48. The minimum atomic E-state index is -0.932. The maximum atomic E-state index is 13.5. The summed E-state index contributed by atoms with van der Waals surface area (Å²) in [7, 11) is 0. The molecular formula is C30H27ClN4O4S2. The van der Waals surface area contributed by atoms with E-state index in [0.29, 0.717) is 44.5 Å². The number of thioether (sulfide) groups is 1. The van der Waals surface area contributed by atoms with Crippen molar-refractivity contribution in [1.82, 2.24) is 15.2 Å². The molecule has 5 rings (SSSR count). The number of aliphatic hydroxyl groups excluding tert-OH is 1. The maximum Gasteiger partial charge on any atom is 0.301 e. The van der Waals surface area contributed by atoms with E-state index in [1.54, 1.807) is 30.3 Å². The number of carbonyl (C=O) groups excluding carboxylic acids is 2. The lowest BCUT2D eigenvalue weighted by Gasteiger charge is -2.23. The van der Waals surface area contributed by atoms with Crippen LogP contribution in [-0.2, 0) is 15.3 Å². The Morgan fingerprint density at radius 3 is 2.59 bits per heavy atom. The predicted molar refractivity (Wildman–Crippen MR) is 161 cm³/mol. The molecule has 0 radical (unpaired) electrons. The van der Waals surface area contributed by atoms with E-state index in [9.17, 15) is 14.7 Å². The molecule has 210 valence electrons. The Kier molecular flexibility index (Phi) is 9.02. The van der Waals surface area contributed by atoms with Crippen molar-refractivity contribution in [2.24, 2.45) is 5.92 Å². The Hall–Kier alpha value is -3.73. The summed E-state index contributed by atoms with van der Waals surface area (Å²) in [6, 6.07) is 17.0. The number of ketones is 1. The molecule has 1 N–H and O–H groups in total. The topological polar surface area (TPSA) is 106 Å². The second-order valence-corrected chi connectivity index (χ2v) is 12.4. The standard InChI is InChI=1S/C30H27ClN4O4S2/c1-18(2)12-15-39-23-5-3-4-21(16-23)25-24(26(36)20-10-13-32-14-11-20)27(37)28(38)35(25)29-33-34-30(41-29)40-17-19-6-8-22(31)9-7-19/h3-11,13-14,16,18,25,36H,12,15,17H2,1-2H3. The summed E-state index contributed by atoms with van der Waals surface area (Å²) >= 11 is 8.67. The largest absolute Gasteiger partial charge is 0.507 e. The fourth-order valence-electron chi connectivity index (χ4n) is 4.28. The number of ether oxygens (including phenoxy) is 1. The van der Waals surface area contributed by atoms with Crippen molar-refractivity contribution in [2.75, 3.05) is 11.5 Å². The summed E-state index contributed by atoms with van der Waals surface area (Å²) < 4.78 is 6.60. The number of hydrogen-bond acceptors (Lipinski definition) is 9. The van der Waals surface area contributed by atoms with E-state index in [-0.39, 0.29) is 16.5 Å². The molecule has 1 aliphatic rings. The number of amides is 1. The van der Waals surface area contributed by atoms with Crippen LogP contribution in [0.25, 0.3) is 5.76 Å². The van der Waals surface area contributed by atoms with Gasteiger partial charge in [-0.2, -0.15) is 0 Å². The van der Waals surface area contributed by atoms with E-state index in [4.69, 9.17) is 16.3 Å². The normalized spacial score (nSPS) is 16.5. The number of aromatic nitrogens is 3. The van der Waals surface area contributed by atoms with Gasteiger partial charge in [0.2, 0.25) is 5.13 Å². The van der Waals surface area contributed by atoms with E-state index < -0.39 is 17.7 Å². The van der Waals surface area contributed by atoms with E-state index in [2.05, 4.69) is 29.0 Å². The number of benzene rings is 2. The molecule has 11 heteroatoms. The van der Waals surface area contributed by atoms with Crippen LogP contribution in [0, 0.1) is 5.92 Å². The zero-order valence-electron chi connectivity index (χ0n) is 22.4. The summed E-state index contributed by atoms with van der Waals surface area (Å²) in [6.07, 6.45) is 3.91. The van der Waals surface area contributed by atoms with Crippen molar-refractivity contribution in [2.45, 2.75) is 36.4 Å². The minimum Gasteiger partial charge on any atom is -0.507 e. The van der Waals surface area contributed by atoms with Crippen LogP contribution in [0.5, 0.6) is 5.75 Å². The number of nitrogens with zero attached hydrogens (tertiary/aromatic N) is 4. The molecule has 3 heterocycles. The Morgan fingerprint density at radius 1 is 1.10 bits per heavy atom. The molecule has 2 aromatic carbocycles. The first-order valence-corrected chi connectivity index (χ1v) is 15.1. The van der Waals surface area contributed by atoms with E-state index in [1.165, 1.54) is 40.4 Å². The smallest absolute Gasteiger partial charge is 0.301 e. The number of halogens is 1. The molecule has 1 amide bonds. The van der Waals surface area contributed by atoms with Gasteiger partial charge in [0.1, 0.15) is 11.5 Å². The van der Waals surface area contributed by atoms with Crippen LogP contribution < -0.4 is 9.64 Å². The quantitative estimate of drug-likeness (QED) is 0.0681. The second kappa shape index (κ2) is 12.8. The molecular weight excluding hydrogens is 580 g/mol. The lowest BCUT2D eigenvalue weighted by atomic mass is 9.95. The van der Waals surface area contributed by atoms with Gasteiger partial charge in [-0.15, -0.1) is 10.2 Å². The van der Waals surface area contributed by atoms with Gasteiger partial charge in [0.15, 0.2) is 4.34 Å². The van der Waals surface area contributed by atoms with Crippen molar-refractivity contribution >= 4 is 57.3 Å². The van der Waals surface area contributed by atoms with Crippen LogP contribution in [0.2, 0.25) is 5.02 Å². The van der Waals surface area contributed by atoms with Gasteiger partial charge in [-0.05, 0) is 59.9 Å². The summed E-state index contributed by atoms with van der Waals surface area (Å²) in [5, 5.41) is 20.8. The number of pyridine rings is 1. The third-order valence-corrected chi connectivity index (χ3v) is 8.79. The molecule has 1 fully saturated rings. The summed E-state index contributed by atoms with van der Waals surface area (Å²) in [6.45, 7) is 4.77. The van der Waals surface area contributed by atoms with E-state index in [1.807, 2.05) is 30.3 Å². The molecule has 8 nitrogen and oxygen atoms in total. The Morgan fingerprint density at radius 2 is 1.85 bits per heavy atom. The molecule has 41 heavy (non-hydrogen) atoms. The first-order chi connectivity index (χ1) is 19.8. The fourth-order valence-corrected chi connectivity index (χ4v) is 6.23. The van der Waals surface area contributed by atoms with Crippen molar-refractivity contribution < 1.29 is 19.4 Å². The molecule has 2 aromatic heterocycles. The van der Waals surface area contributed by atoms with E-state index in [0.717, 1.165) is 12.0 Å². The van der Waals surface area contributed by atoms with Gasteiger partial charge in [0, 0.05) is 28.7 Å². The molecule has 1 aliphatic heterocycles. The third kappa shape index (κ3) is 6.61. The number of Topliss-reactive ketones (excluding diaryl/α,β-unsaturated/α-hetero) is 1. The highest BCUT2D eigenvalue weighted by molar-refractivity contribution is 8.00. The zero-order chi connectivity index (χ0) is 28.9. The van der Waals surface area contributed by atoms with Crippen LogP contribution >= 0.6 is 34.7 Å². The van der Waals surface area contributed by atoms with E-state index >= 15 is 0 Å². The van der Waals surface area contributed by atoms with Crippen LogP contribution in [0.3, 0.4) is 0 Å². The number of anilines is 1. The summed E-state index contributed by atoms with van der Waals surface area (Å²) in [5.74, 6) is -0.162. The van der Waals surface area contributed by atoms with Gasteiger partial charge in [0.05, 0.1) is 18.2 Å². The molecule has 1 saturated heterocycles. The van der Waals surface area contributed by atoms with Gasteiger partial charge in [-0.3, -0.25) is 19.5 Å². The molecule has 0 spiro atoms. The number of hydrogen-bond donors (Lipinski definition) is 1.